The monoisotopic (exact) mass is 1740 g/mol. The van der Waals surface area contributed by atoms with Gasteiger partial charge in [0.1, 0.15) is 57.5 Å². The fourth-order valence-corrected chi connectivity index (χ4v) is 18.2. The molecule has 1 atom stereocenters. The molecule has 0 saturated heterocycles. The van der Waals surface area contributed by atoms with Crippen LogP contribution in [0, 0.1) is 30.2 Å². The van der Waals surface area contributed by atoms with Gasteiger partial charge in [0, 0.05) is 96.2 Å². The molecule has 12 rings (SSSR count). The summed E-state index contributed by atoms with van der Waals surface area (Å²) < 4.78 is 133. The van der Waals surface area contributed by atoms with E-state index in [0.717, 1.165) is 60.0 Å². The first-order valence-electron chi connectivity index (χ1n) is 36.5. The lowest BCUT2D eigenvalue weighted by Gasteiger charge is -2.28. The summed E-state index contributed by atoms with van der Waals surface area (Å²) in [6, 6.07) is 48.0. The Labute approximate surface area is 699 Å². The van der Waals surface area contributed by atoms with E-state index in [1.165, 1.54) is 62.9 Å². The van der Waals surface area contributed by atoms with Crippen LogP contribution in [0.2, 0.25) is 25.1 Å². The van der Waals surface area contributed by atoms with Gasteiger partial charge >= 0.3 is 7.60 Å². The number of hydrogen-bond donors (Lipinski definition) is 4. The fraction of sp³-hybridized carbons (Fsp3) is 0.284. The highest BCUT2D eigenvalue weighted by molar-refractivity contribution is 7.91. The molecule has 0 aliphatic heterocycles. The van der Waals surface area contributed by atoms with Gasteiger partial charge < -0.3 is 29.3 Å². The summed E-state index contributed by atoms with van der Waals surface area (Å²) in [6.07, 6.45) is 7.05. The molecule has 9 aromatic carbocycles. The van der Waals surface area contributed by atoms with E-state index in [2.05, 4.69) is 78.9 Å². The van der Waals surface area contributed by atoms with E-state index in [1.807, 2.05) is 58.2 Å². The lowest BCUT2D eigenvalue weighted by molar-refractivity contribution is 0.0735. The number of halogens is 9. The minimum absolute atomic E-state index is 0.0403. The zero-order valence-corrected chi connectivity index (χ0v) is 73.2. The van der Waals surface area contributed by atoms with Crippen molar-refractivity contribution in [1.29, 1.82) is 0 Å². The molecule has 0 spiro atoms. The van der Waals surface area contributed by atoms with E-state index in [4.69, 9.17) is 72.5 Å². The fourth-order valence-electron chi connectivity index (χ4n) is 13.7. The highest BCUT2D eigenvalue weighted by Gasteiger charge is 2.40. The average molecular weight is 1740 g/mol. The van der Waals surface area contributed by atoms with Crippen molar-refractivity contribution in [2.75, 3.05) is 19.2 Å². The predicted molar refractivity (Wildman–Crippen MR) is 454 cm³/mol. The van der Waals surface area contributed by atoms with Crippen LogP contribution in [0.4, 0.5) is 17.6 Å². The van der Waals surface area contributed by atoms with Gasteiger partial charge in [-0.2, -0.15) is 0 Å². The second kappa shape index (κ2) is 33.8. The highest BCUT2D eigenvalue weighted by atomic mass is 35.5. The van der Waals surface area contributed by atoms with Crippen LogP contribution in [0.5, 0.6) is 0 Å². The Hall–Kier alpha value is -8.29. The Morgan fingerprint density at radius 1 is 0.431 bits per heavy atom. The molecular weight excluding hydrogens is 1650 g/mol. The van der Waals surface area contributed by atoms with Gasteiger partial charge in [0.25, 0.3) is 0 Å². The summed E-state index contributed by atoms with van der Waals surface area (Å²) >= 11 is 32.7. The molecule has 116 heavy (non-hydrogen) atoms. The van der Waals surface area contributed by atoms with E-state index in [1.54, 1.807) is 97.1 Å². The predicted octanol–water partition coefficient (Wildman–Crippen LogP) is 22.1. The third kappa shape index (κ3) is 19.7. The number of sulfone groups is 2. The first-order valence-corrected chi connectivity index (χ1v) is 44.2. The number of benzene rings is 9. The van der Waals surface area contributed by atoms with Crippen LogP contribution in [-0.4, -0.2) is 84.9 Å². The molecule has 0 aliphatic carbocycles. The quantitative estimate of drug-likeness (QED) is 0.0388. The Morgan fingerprint density at radius 3 is 1.16 bits per heavy atom. The summed E-state index contributed by atoms with van der Waals surface area (Å²) in [5.74, 6) is -1.58. The van der Waals surface area contributed by atoms with Crippen molar-refractivity contribution in [3.63, 3.8) is 0 Å². The van der Waals surface area contributed by atoms with Crippen LogP contribution in [0.1, 0.15) is 158 Å². The van der Waals surface area contributed by atoms with Crippen LogP contribution in [0.15, 0.2) is 198 Å². The van der Waals surface area contributed by atoms with Crippen molar-refractivity contribution in [1.82, 2.24) is 28.7 Å². The molecule has 0 bridgehead atoms. The SMILES string of the molecule is CC(C)(O)c1cn(-c2ccc(-c3cc(F)c(COP(C)(=O)O)c(S(C)(=O)=O)c3)cc2F)c(C(C)(C)c2c(Cl)cccc2Cl)n1.CCc1c(F)cc(-c2ccc(-n3cc(C(C)(C)O)nc3C(C)(C)c3c(Cl)cccc3Cl)c(F)c2)cc1S(C)(=O)=O.Cc1cccc(-c2ccc(-n3cc(C(C)(C)O)nc3C(C)(C)c3ccccc3Cl)cc2)c1. The van der Waals surface area contributed by atoms with Gasteiger partial charge in [0.05, 0.1) is 55.7 Å². The lowest BCUT2D eigenvalue weighted by Crippen LogP contribution is -2.25. The van der Waals surface area contributed by atoms with Gasteiger partial charge in [-0.05, 0) is 226 Å². The first kappa shape index (κ1) is 90.0. The van der Waals surface area contributed by atoms with Crippen molar-refractivity contribution in [3.05, 3.63) is 305 Å². The van der Waals surface area contributed by atoms with E-state index in [9.17, 15) is 46.0 Å². The maximum absolute atomic E-state index is 16.0. The number of aliphatic hydroxyl groups is 3. The molecule has 16 nitrogen and oxygen atoms in total. The Balaban J connectivity index is 0.000000186. The van der Waals surface area contributed by atoms with Gasteiger partial charge in [-0.1, -0.05) is 149 Å². The summed E-state index contributed by atoms with van der Waals surface area (Å²) in [5, 5.41) is 34.4. The summed E-state index contributed by atoms with van der Waals surface area (Å²) in [4.78, 5) is 23.1. The third-order valence-electron chi connectivity index (χ3n) is 19.9. The third-order valence-corrected chi connectivity index (χ3v) is 24.4. The number of nitrogens with zero attached hydrogens (tertiary/aromatic N) is 6. The first-order chi connectivity index (χ1) is 53.6. The molecule has 4 N–H and O–H groups in total. The molecule has 1 unspecified atom stereocenters. The van der Waals surface area contributed by atoms with E-state index < -0.39 is 101 Å². The lowest BCUT2D eigenvalue weighted by atomic mass is 9.83. The number of rotatable bonds is 21. The molecule has 28 heteroatoms. The zero-order valence-electron chi connectivity index (χ0n) is 66.9. The second-order valence-electron chi connectivity index (χ2n) is 31.8. The van der Waals surface area contributed by atoms with E-state index >= 15 is 13.2 Å². The molecule has 0 saturated carbocycles. The van der Waals surface area contributed by atoms with Gasteiger partial charge in [0.2, 0.25) is 0 Å². The van der Waals surface area contributed by atoms with E-state index in [-0.39, 0.29) is 50.6 Å². The Bertz CT molecular complexity index is 6000. The maximum atomic E-state index is 16.0. The van der Waals surface area contributed by atoms with Crippen LogP contribution in [0.25, 0.3) is 50.4 Å². The van der Waals surface area contributed by atoms with Crippen molar-refractivity contribution >= 4 is 85.3 Å². The highest BCUT2D eigenvalue weighted by Crippen LogP contribution is 2.47. The van der Waals surface area contributed by atoms with Gasteiger partial charge in [0.15, 0.2) is 19.7 Å². The largest absolute Gasteiger partial charge is 0.384 e. The minimum atomic E-state index is -4.03. The second-order valence-corrected chi connectivity index (χ2v) is 39.6. The zero-order chi connectivity index (χ0) is 85.9. The average Bonchev–Trinajstić information content (AvgIpc) is 1.57. The van der Waals surface area contributed by atoms with Crippen LogP contribution in [0.3, 0.4) is 0 Å². The molecule has 0 amide bonds. The van der Waals surface area contributed by atoms with Crippen LogP contribution < -0.4 is 0 Å². The summed E-state index contributed by atoms with van der Waals surface area (Å²) in [6.45, 7) is 25.2. The smallest absolute Gasteiger partial charge is 0.325 e. The Kier molecular flexibility index (Phi) is 26.3. The van der Waals surface area contributed by atoms with Crippen molar-refractivity contribution in [2.24, 2.45) is 0 Å². The molecule has 612 valence electrons. The van der Waals surface area contributed by atoms with Gasteiger partial charge in [-0.3, -0.25) is 13.7 Å². The molecule has 0 fully saturated rings. The molecule has 0 aliphatic rings. The van der Waals surface area contributed by atoms with Crippen molar-refractivity contribution in [2.45, 2.75) is 153 Å². The molecule has 0 radical (unpaired) electrons. The van der Waals surface area contributed by atoms with Crippen LogP contribution >= 0.6 is 65.6 Å². The maximum Gasteiger partial charge on any atom is 0.325 e. The Morgan fingerprint density at radius 2 is 0.784 bits per heavy atom. The molecular formula is C88H90Cl5F4N6O10PS2. The number of aryl methyl sites for hydroxylation is 1. The minimum Gasteiger partial charge on any atom is -0.384 e. The van der Waals surface area contributed by atoms with Crippen LogP contribution in [-0.2, 0) is 74.8 Å². The number of aromatic nitrogens is 6. The number of imidazole rings is 3. The van der Waals surface area contributed by atoms with Gasteiger partial charge in [-0.15, -0.1) is 0 Å². The topological polar surface area (TPSA) is 229 Å². The summed E-state index contributed by atoms with van der Waals surface area (Å²) in [5.41, 5.74) is 2.27. The molecule has 3 aromatic heterocycles. The normalized spacial score (nSPS) is 13.1. The standard InChI is InChI=1S/C30H31Cl2F2N2O6PS.C30H30Cl2F2N2O3S.C28H29ClN2O/c1-29(2,27-20(31)8-7-9-21(27)32)28-35-26(30(3,4)37)15-36(28)24-11-10-17(12-23(24)34)18-13-22(33)19(16-42-43(5,38)39)25(14-18)44(6,40)41;1-7-19-22(33)14-18(15-25(19)40(6,38)39)17-11-12-24(23(34)13-17)36-16-26(30(4,5)37)35-28(36)29(2,3)27-20(31)9-8-10-21(27)32;1-19-9-8-10-21(17-19)20-13-15-22(16-14-20)31-18-25(28(4,5)32)30-26(31)27(2,3)23-11-6-7-12-24(23)29/h7-15,37H,16H2,1-6H3,(H,38,39);8-16,37H,7H2,1-6H3;6-18,32H,1-5H3. The van der Waals surface area contributed by atoms with E-state index in [0.29, 0.717) is 64.8 Å². The van der Waals surface area contributed by atoms with Gasteiger partial charge in [-0.25, -0.2) is 49.3 Å². The molecule has 3 heterocycles. The number of hydrogen-bond acceptors (Lipinski definition) is 12. The van der Waals surface area contributed by atoms with Crippen molar-refractivity contribution in [3.8, 4) is 50.4 Å². The summed E-state index contributed by atoms with van der Waals surface area (Å²) in [7, 11) is -11.8. The molecule has 12 aromatic rings. The van der Waals surface area contributed by atoms with Crippen molar-refractivity contribution < 1.29 is 63.7 Å².